The van der Waals surface area contributed by atoms with Crippen LogP contribution in [-0.2, 0) is 0 Å². The van der Waals surface area contributed by atoms with Gasteiger partial charge in [-0.05, 0) is 94.7 Å². The molecule has 0 amide bonds. The average molecular weight is 868 g/mol. The summed E-state index contributed by atoms with van der Waals surface area (Å²) in [6.07, 6.45) is 0. The van der Waals surface area contributed by atoms with Gasteiger partial charge in [-0.3, -0.25) is 0 Å². The second-order valence-electron chi connectivity index (χ2n) is 17.4. The molecule has 0 unspecified atom stereocenters. The van der Waals surface area contributed by atoms with Crippen molar-refractivity contribution in [2.24, 2.45) is 0 Å². The Bertz CT molecular complexity index is 4330. The van der Waals surface area contributed by atoms with Gasteiger partial charge in [0.15, 0.2) is 17.5 Å². The third-order valence-electron chi connectivity index (χ3n) is 13.4. The Morgan fingerprint density at radius 1 is 0.309 bits per heavy atom. The lowest BCUT2D eigenvalue weighted by molar-refractivity contribution is 0.669. The molecule has 0 aliphatic heterocycles. The molecule has 0 fully saturated rings. The van der Waals surface area contributed by atoms with E-state index in [0.29, 0.717) is 17.5 Å². The van der Waals surface area contributed by atoms with Crippen LogP contribution in [0.4, 0.5) is 0 Å². The van der Waals surface area contributed by atoms with Crippen molar-refractivity contribution in [1.82, 2.24) is 24.5 Å². The van der Waals surface area contributed by atoms with Crippen molar-refractivity contribution in [3.8, 4) is 62.2 Å². The van der Waals surface area contributed by atoms with Crippen LogP contribution in [0.25, 0.3) is 138 Å². The summed E-state index contributed by atoms with van der Waals surface area (Å²) in [6.45, 7) is 0. The number of furan rings is 1. The molecule has 14 aromatic rings. The van der Waals surface area contributed by atoms with E-state index in [4.69, 9.17) is 24.4 Å². The zero-order valence-corrected chi connectivity index (χ0v) is 36.5. The standard InChI is InChI=1S/C62H37N5O/c1-3-15-39(16-4-1)59-50-31-33-56-58(49-23-10-12-25-55(49)68-56)57(50)48-30-28-45(37-52(48)63-59)62-65-60(43-19-13-18-41(35-43)42-27-26-38-14-7-8-17-40(38)34-42)64-61(66-62)44-29-32-54-51(36-44)47-22-9-11-24-53(47)67(54)46-20-5-2-6-21-46/h1-37H. The molecule has 0 saturated heterocycles. The molecule has 6 heteroatoms. The van der Waals surface area contributed by atoms with Crippen LogP contribution >= 0.6 is 0 Å². The Labute approximate surface area is 390 Å². The van der Waals surface area contributed by atoms with Gasteiger partial charge in [0, 0.05) is 65.6 Å². The van der Waals surface area contributed by atoms with Gasteiger partial charge in [0.25, 0.3) is 0 Å². The topological polar surface area (TPSA) is 69.6 Å². The van der Waals surface area contributed by atoms with Crippen LogP contribution in [0.2, 0.25) is 0 Å². The fourth-order valence-corrected chi connectivity index (χ4v) is 10.2. The van der Waals surface area contributed by atoms with Gasteiger partial charge in [0.2, 0.25) is 0 Å². The summed E-state index contributed by atoms with van der Waals surface area (Å²) < 4.78 is 8.77. The van der Waals surface area contributed by atoms with E-state index in [1.54, 1.807) is 0 Å². The van der Waals surface area contributed by atoms with E-state index in [1.807, 2.05) is 18.2 Å². The van der Waals surface area contributed by atoms with Crippen molar-refractivity contribution in [2.45, 2.75) is 0 Å². The molecule has 0 N–H and O–H groups in total. The molecule has 6 nitrogen and oxygen atoms in total. The molecule has 316 valence electrons. The van der Waals surface area contributed by atoms with Gasteiger partial charge in [-0.25, -0.2) is 19.9 Å². The molecule has 0 aliphatic rings. The third kappa shape index (κ3) is 6.12. The summed E-state index contributed by atoms with van der Waals surface area (Å²) in [5.74, 6) is 1.73. The molecule has 4 aromatic heterocycles. The maximum absolute atomic E-state index is 6.44. The maximum Gasteiger partial charge on any atom is 0.164 e. The number of para-hydroxylation sites is 3. The average Bonchev–Trinajstić information content (AvgIpc) is 3.96. The lowest BCUT2D eigenvalue weighted by Gasteiger charge is -2.13. The van der Waals surface area contributed by atoms with Gasteiger partial charge in [-0.15, -0.1) is 0 Å². The number of fused-ring (bicyclic) bond motifs is 11. The lowest BCUT2D eigenvalue weighted by Crippen LogP contribution is -2.01. The Morgan fingerprint density at radius 2 is 0.912 bits per heavy atom. The Kier molecular flexibility index (Phi) is 8.48. The molecular weight excluding hydrogens is 831 g/mol. The highest BCUT2D eigenvalue weighted by Crippen LogP contribution is 2.42. The van der Waals surface area contributed by atoms with Crippen LogP contribution in [0.15, 0.2) is 229 Å². The van der Waals surface area contributed by atoms with E-state index >= 15 is 0 Å². The van der Waals surface area contributed by atoms with E-state index in [1.165, 1.54) is 10.8 Å². The molecule has 0 saturated carbocycles. The van der Waals surface area contributed by atoms with E-state index < -0.39 is 0 Å². The second kappa shape index (κ2) is 15.2. The molecule has 0 radical (unpaired) electrons. The zero-order chi connectivity index (χ0) is 44.7. The molecule has 4 heterocycles. The highest BCUT2D eigenvalue weighted by atomic mass is 16.3. The third-order valence-corrected chi connectivity index (χ3v) is 13.4. The first-order valence-corrected chi connectivity index (χ1v) is 22.9. The molecule has 0 spiro atoms. The summed E-state index contributed by atoms with van der Waals surface area (Å²) in [5, 5.41) is 10.0. The monoisotopic (exact) mass is 867 g/mol. The largest absolute Gasteiger partial charge is 0.456 e. The molecule has 0 bridgehead atoms. The lowest BCUT2D eigenvalue weighted by atomic mass is 9.95. The Morgan fingerprint density at radius 3 is 1.75 bits per heavy atom. The van der Waals surface area contributed by atoms with Crippen molar-refractivity contribution < 1.29 is 4.42 Å². The Balaban J connectivity index is 0.995. The predicted molar refractivity (Wildman–Crippen MR) is 279 cm³/mol. The highest BCUT2D eigenvalue weighted by Gasteiger charge is 2.21. The Hall–Kier alpha value is -9.26. The van der Waals surface area contributed by atoms with Crippen molar-refractivity contribution in [1.29, 1.82) is 0 Å². The molecular formula is C62H37N5O. The molecule has 0 atom stereocenters. The first-order valence-electron chi connectivity index (χ1n) is 22.9. The number of aromatic nitrogens is 5. The predicted octanol–water partition coefficient (Wildman–Crippen LogP) is 16.1. The van der Waals surface area contributed by atoms with Crippen LogP contribution in [0.5, 0.6) is 0 Å². The van der Waals surface area contributed by atoms with Crippen LogP contribution in [0.3, 0.4) is 0 Å². The molecule has 0 aliphatic carbocycles. The fourth-order valence-electron chi connectivity index (χ4n) is 10.2. The zero-order valence-electron chi connectivity index (χ0n) is 36.5. The van der Waals surface area contributed by atoms with Crippen molar-refractivity contribution >= 4 is 76.2 Å². The molecule has 68 heavy (non-hydrogen) atoms. The van der Waals surface area contributed by atoms with Crippen LogP contribution in [0, 0.1) is 0 Å². The minimum Gasteiger partial charge on any atom is -0.456 e. The summed E-state index contributed by atoms with van der Waals surface area (Å²) in [4.78, 5) is 21.4. The second-order valence-corrected chi connectivity index (χ2v) is 17.4. The van der Waals surface area contributed by atoms with Gasteiger partial charge in [-0.2, -0.15) is 0 Å². The highest BCUT2D eigenvalue weighted by molar-refractivity contribution is 6.28. The van der Waals surface area contributed by atoms with Crippen LogP contribution in [0.1, 0.15) is 0 Å². The fraction of sp³-hybridized carbons (Fsp3) is 0. The summed E-state index contributed by atoms with van der Waals surface area (Å²) in [5.41, 5.74) is 12.7. The van der Waals surface area contributed by atoms with E-state index in [9.17, 15) is 0 Å². The number of benzene rings is 10. The molecule has 10 aromatic carbocycles. The van der Waals surface area contributed by atoms with Crippen molar-refractivity contribution in [3.63, 3.8) is 0 Å². The van der Waals surface area contributed by atoms with Gasteiger partial charge < -0.3 is 8.98 Å². The summed E-state index contributed by atoms with van der Waals surface area (Å²) in [6, 6.07) is 78.6. The minimum atomic E-state index is 0.560. The van der Waals surface area contributed by atoms with Crippen molar-refractivity contribution in [3.05, 3.63) is 224 Å². The summed E-state index contributed by atoms with van der Waals surface area (Å²) in [7, 11) is 0. The number of hydrogen-bond donors (Lipinski definition) is 0. The normalized spacial score (nSPS) is 11.8. The van der Waals surface area contributed by atoms with Gasteiger partial charge >= 0.3 is 0 Å². The number of pyridine rings is 1. The number of hydrogen-bond acceptors (Lipinski definition) is 5. The van der Waals surface area contributed by atoms with Crippen LogP contribution < -0.4 is 0 Å². The molecule has 14 rings (SSSR count). The van der Waals surface area contributed by atoms with Crippen LogP contribution in [-0.4, -0.2) is 24.5 Å². The van der Waals surface area contributed by atoms with Gasteiger partial charge in [0.1, 0.15) is 11.2 Å². The SMILES string of the molecule is c1ccc(-c2nc3cc(-c4nc(-c5cccc(-c6ccc7ccccc7c6)c5)nc(-c5ccc6c(c5)c5ccccc5n6-c5ccccc5)n4)ccc3c3c2ccc2oc4ccccc4c23)cc1. The van der Waals surface area contributed by atoms with Gasteiger partial charge in [-0.1, -0.05) is 152 Å². The van der Waals surface area contributed by atoms with E-state index in [0.717, 1.165) is 110 Å². The minimum absolute atomic E-state index is 0.560. The first-order chi connectivity index (χ1) is 33.7. The number of nitrogens with zero attached hydrogens (tertiary/aromatic N) is 5. The van der Waals surface area contributed by atoms with Gasteiger partial charge in [0.05, 0.1) is 22.2 Å². The number of rotatable bonds is 6. The van der Waals surface area contributed by atoms with E-state index in [-0.39, 0.29) is 0 Å². The van der Waals surface area contributed by atoms with Crippen molar-refractivity contribution in [2.75, 3.05) is 0 Å². The van der Waals surface area contributed by atoms with E-state index in [2.05, 4.69) is 211 Å². The first kappa shape index (κ1) is 38.1. The smallest absolute Gasteiger partial charge is 0.164 e. The summed E-state index contributed by atoms with van der Waals surface area (Å²) >= 11 is 0. The maximum atomic E-state index is 6.44. The quantitative estimate of drug-likeness (QED) is 0.156.